The van der Waals surface area contributed by atoms with Gasteiger partial charge in [-0.15, -0.1) is 0 Å². The lowest BCUT2D eigenvalue weighted by atomic mass is 10.0. The molecule has 0 saturated heterocycles. The molecule has 6 heteroatoms. The van der Waals surface area contributed by atoms with E-state index in [1.54, 1.807) is 0 Å². The highest BCUT2D eigenvalue weighted by Crippen LogP contribution is 2.17. The molecule has 0 aliphatic rings. The molecule has 0 radical (unpaired) electrons. The van der Waals surface area contributed by atoms with Crippen LogP contribution in [0.5, 0.6) is 0 Å². The van der Waals surface area contributed by atoms with Crippen LogP contribution in [0, 0.1) is 0 Å². The minimum Gasteiger partial charge on any atom is -0.462 e. The molecule has 6 nitrogen and oxygen atoms in total. The molecule has 83 heavy (non-hydrogen) atoms. The van der Waals surface area contributed by atoms with Crippen LogP contribution in [0.2, 0.25) is 0 Å². The molecule has 0 amide bonds. The summed E-state index contributed by atoms with van der Waals surface area (Å²) in [6.07, 6.45) is 98.4. The summed E-state index contributed by atoms with van der Waals surface area (Å²) in [5.41, 5.74) is 0. The Labute approximate surface area is 513 Å². The first-order chi connectivity index (χ1) is 41.0. The lowest BCUT2D eigenvalue weighted by Gasteiger charge is -2.18. The molecule has 0 saturated carbocycles. The van der Waals surface area contributed by atoms with E-state index in [1.807, 2.05) is 6.08 Å². The van der Waals surface area contributed by atoms with Gasteiger partial charge in [0, 0.05) is 19.3 Å². The molecule has 1 unspecified atom stereocenters. The summed E-state index contributed by atoms with van der Waals surface area (Å²) >= 11 is 0. The number of esters is 3. The Morgan fingerprint density at radius 1 is 0.253 bits per heavy atom. The van der Waals surface area contributed by atoms with Crippen LogP contribution in [0.1, 0.15) is 329 Å². The van der Waals surface area contributed by atoms with Gasteiger partial charge >= 0.3 is 17.9 Å². The summed E-state index contributed by atoms with van der Waals surface area (Å²) in [5.74, 6) is -1.02. The van der Waals surface area contributed by atoms with Crippen LogP contribution in [0.3, 0.4) is 0 Å². The fourth-order valence-corrected chi connectivity index (χ4v) is 9.77. The van der Waals surface area contributed by atoms with Crippen LogP contribution in [-0.2, 0) is 28.6 Å². The highest BCUT2D eigenvalue weighted by atomic mass is 16.6. The molecule has 1 atom stereocenters. The summed E-state index contributed by atoms with van der Waals surface area (Å²) in [5, 5.41) is 0. The lowest BCUT2D eigenvalue weighted by molar-refractivity contribution is -0.166. The van der Waals surface area contributed by atoms with E-state index in [2.05, 4.69) is 136 Å². The Morgan fingerprint density at radius 2 is 0.494 bits per heavy atom. The van der Waals surface area contributed by atoms with Crippen LogP contribution in [0.15, 0.2) is 122 Å². The predicted octanol–water partition coefficient (Wildman–Crippen LogP) is 24.3. The number of hydrogen-bond donors (Lipinski definition) is 0. The summed E-state index contributed by atoms with van der Waals surface area (Å²) in [6.45, 7) is 6.34. The zero-order valence-corrected chi connectivity index (χ0v) is 54.4. The van der Waals surface area contributed by atoms with Crippen molar-refractivity contribution >= 4 is 17.9 Å². The van der Waals surface area contributed by atoms with Crippen molar-refractivity contribution < 1.29 is 28.6 Å². The van der Waals surface area contributed by atoms with Gasteiger partial charge < -0.3 is 14.2 Å². The molecule has 0 aliphatic heterocycles. The van der Waals surface area contributed by atoms with Crippen molar-refractivity contribution in [2.45, 2.75) is 335 Å². The summed E-state index contributed by atoms with van der Waals surface area (Å²) in [6, 6.07) is 0. The molecule has 474 valence electrons. The minimum atomic E-state index is -0.828. The van der Waals surface area contributed by atoms with Crippen LogP contribution >= 0.6 is 0 Å². The van der Waals surface area contributed by atoms with E-state index in [0.717, 1.165) is 96.3 Å². The van der Waals surface area contributed by atoms with E-state index in [1.165, 1.54) is 180 Å². The molecular weight excluding hydrogens is 1020 g/mol. The summed E-state index contributed by atoms with van der Waals surface area (Å²) in [4.78, 5) is 38.3. The highest BCUT2D eigenvalue weighted by Gasteiger charge is 2.19. The summed E-state index contributed by atoms with van der Waals surface area (Å²) in [7, 11) is 0. The maximum absolute atomic E-state index is 12.9. The van der Waals surface area contributed by atoms with E-state index in [4.69, 9.17) is 14.2 Å². The van der Waals surface area contributed by atoms with Crippen molar-refractivity contribution in [1.82, 2.24) is 0 Å². The molecule has 0 heterocycles. The largest absolute Gasteiger partial charge is 0.462 e. The van der Waals surface area contributed by atoms with Gasteiger partial charge in [-0.3, -0.25) is 14.4 Å². The van der Waals surface area contributed by atoms with Crippen molar-refractivity contribution in [1.29, 1.82) is 0 Å². The quantitative estimate of drug-likeness (QED) is 0.0261. The fourth-order valence-electron chi connectivity index (χ4n) is 9.77. The van der Waals surface area contributed by atoms with Gasteiger partial charge in [-0.1, -0.05) is 316 Å². The smallest absolute Gasteiger partial charge is 0.306 e. The Hall–Kier alpha value is -4.19. The third kappa shape index (κ3) is 68.5. The summed E-state index contributed by atoms with van der Waals surface area (Å²) < 4.78 is 16.8. The van der Waals surface area contributed by atoms with Crippen molar-refractivity contribution in [3.8, 4) is 0 Å². The Kier molecular flexibility index (Phi) is 66.7. The van der Waals surface area contributed by atoms with Crippen molar-refractivity contribution in [3.63, 3.8) is 0 Å². The molecule has 0 bridgehead atoms. The van der Waals surface area contributed by atoms with Gasteiger partial charge in [0.25, 0.3) is 0 Å². The zero-order valence-electron chi connectivity index (χ0n) is 54.4. The first-order valence-corrected chi connectivity index (χ1v) is 35.0. The predicted molar refractivity (Wildman–Crippen MR) is 362 cm³/mol. The zero-order chi connectivity index (χ0) is 59.9. The van der Waals surface area contributed by atoms with Crippen LogP contribution in [0.25, 0.3) is 0 Å². The van der Waals surface area contributed by atoms with E-state index in [9.17, 15) is 14.4 Å². The number of carbonyl (C=O) groups excluding carboxylic acids is 3. The minimum absolute atomic E-state index is 0.114. The topological polar surface area (TPSA) is 78.9 Å². The number of carbonyl (C=O) groups is 3. The first kappa shape index (κ1) is 78.8. The van der Waals surface area contributed by atoms with Crippen molar-refractivity contribution in [2.75, 3.05) is 13.2 Å². The van der Waals surface area contributed by atoms with Gasteiger partial charge in [0.1, 0.15) is 13.2 Å². The molecule has 0 rings (SSSR count). The van der Waals surface area contributed by atoms with E-state index < -0.39 is 6.10 Å². The second-order valence-corrected chi connectivity index (χ2v) is 23.0. The maximum Gasteiger partial charge on any atom is 0.306 e. The average Bonchev–Trinajstić information content (AvgIpc) is 3.49. The Bertz CT molecular complexity index is 1700. The standard InChI is InChI=1S/C77H130O6/c1-4-7-10-13-16-19-22-25-27-29-31-32-33-34-35-36-37-38-39-40-41-42-43-44-46-47-49-52-55-58-61-64-67-70-76(79)82-73-74(72-81-75(78)69-66-63-60-57-54-51-24-21-18-15-12-9-6-3)83-77(80)71-68-65-62-59-56-53-50-48-45-30-28-26-23-20-17-14-11-8-5-2/h8-9,11-12,17-18,20-21,26,28-29,31,45,48,51,53-54,56,60,63,74H,4-7,10,13-16,19,22-25,27,30,32-44,46-47,49-50,52,55,57-59,61-62,64-73H2,1-3H3/b11-8-,12-9-,20-17-,21-18-,28-26-,31-29-,48-45-,54-51-,56-53-,63-60-. The SMILES string of the molecule is CC/C=C\C/C=C\C/C=C\C/C=C\C/C=C\CCCCCC(=O)OC(COC(=O)CC/C=C\C/C=C\C/C=C\C/C=C\CC)COC(=O)CCCCCCCCCCCCCCCCCCCCCCC/C=C\CCCCCCCCCC. The molecule has 0 spiro atoms. The second kappa shape index (κ2) is 70.3. The van der Waals surface area contributed by atoms with Gasteiger partial charge in [-0.2, -0.15) is 0 Å². The third-order valence-electron chi connectivity index (χ3n) is 14.9. The number of allylic oxidation sites excluding steroid dienone is 20. The van der Waals surface area contributed by atoms with E-state index in [-0.39, 0.29) is 44.0 Å². The Balaban J connectivity index is 4.23. The van der Waals surface area contributed by atoms with Gasteiger partial charge in [-0.25, -0.2) is 0 Å². The normalized spacial score (nSPS) is 12.9. The van der Waals surface area contributed by atoms with Gasteiger partial charge in [0.15, 0.2) is 6.10 Å². The fraction of sp³-hybridized carbons (Fsp3) is 0.701. The van der Waals surface area contributed by atoms with Crippen LogP contribution in [0.4, 0.5) is 0 Å². The second-order valence-electron chi connectivity index (χ2n) is 23.0. The monoisotopic (exact) mass is 1150 g/mol. The molecule has 0 aromatic heterocycles. The molecule has 0 fully saturated rings. The van der Waals surface area contributed by atoms with Crippen LogP contribution in [-0.4, -0.2) is 37.2 Å². The first-order valence-electron chi connectivity index (χ1n) is 35.0. The number of hydrogen-bond acceptors (Lipinski definition) is 6. The Morgan fingerprint density at radius 3 is 0.831 bits per heavy atom. The van der Waals surface area contributed by atoms with Gasteiger partial charge in [0.2, 0.25) is 0 Å². The number of rotatable bonds is 63. The van der Waals surface area contributed by atoms with E-state index >= 15 is 0 Å². The number of ether oxygens (including phenoxy) is 3. The molecular formula is C77H130O6. The third-order valence-corrected chi connectivity index (χ3v) is 14.9. The van der Waals surface area contributed by atoms with Crippen LogP contribution < -0.4 is 0 Å². The number of unbranched alkanes of at least 4 members (excludes halogenated alkanes) is 32. The van der Waals surface area contributed by atoms with Gasteiger partial charge in [0.05, 0.1) is 0 Å². The molecule has 0 aromatic rings. The molecule has 0 aliphatic carbocycles. The van der Waals surface area contributed by atoms with E-state index in [0.29, 0.717) is 19.3 Å². The average molecular weight is 1150 g/mol. The maximum atomic E-state index is 12.9. The highest BCUT2D eigenvalue weighted by molar-refractivity contribution is 5.71. The lowest BCUT2D eigenvalue weighted by Crippen LogP contribution is -2.30. The van der Waals surface area contributed by atoms with Gasteiger partial charge in [-0.05, 0) is 116 Å². The molecule has 0 aromatic carbocycles. The molecule has 0 N–H and O–H groups in total. The van der Waals surface area contributed by atoms with Crippen molar-refractivity contribution in [2.24, 2.45) is 0 Å². The van der Waals surface area contributed by atoms with Crippen molar-refractivity contribution in [3.05, 3.63) is 122 Å².